The van der Waals surface area contributed by atoms with Crippen LogP contribution in [0.5, 0.6) is 11.6 Å². The normalized spacial score (nSPS) is 26.3. The van der Waals surface area contributed by atoms with Crippen molar-refractivity contribution in [2.75, 3.05) is 33.8 Å². The number of hydrogen-bond donors (Lipinski definition) is 3. The first-order chi connectivity index (χ1) is 27.5. The van der Waals surface area contributed by atoms with Gasteiger partial charge in [-0.05, 0) is 96.1 Å². The third-order valence-electron chi connectivity index (χ3n) is 10.9. The molecule has 2 aliphatic carbocycles. The smallest absolute Gasteiger partial charge is 0.408 e. The molecule has 0 bridgehead atoms. The molecule has 4 amide bonds. The molecule has 58 heavy (non-hydrogen) atoms. The van der Waals surface area contributed by atoms with Crippen LogP contribution >= 0.6 is 0 Å². The maximum Gasteiger partial charge on any atom is 0.408 e. The molecule has 2 unspecified atom stereocenters. The predicted octanol–water partition coefficient (Wildman–Crippen LogP) is 3.92. The summed E-state index contributed by atoms with van der Waals surface area (Å²) >= 11 is 0. The Kier molecular flexibility index (Phi) is 11.4. The van der Waals surface area contributed by atoms with Gasteiger partial charge in [0.1, 0.15) is 35.1 Å². The SMILES string of the molecule is COc1ccc2c(OC3C[C@H]4C(=O)N[C@]5(C(=O)NS(=O)(=O)C6CC6)CC5/C=C\CCCN(C)C[C@H](NC(=O)OC(C)(C)C)C(=O)N4C3)nc(-c3ccccc3)cc2c1. The number of likely N-dealkylation sites (N-methyl/N-ethyl adjacent to an activating group) is 1. The summed E-state index contributed by atoms with van der Waals surface area (Å²) in [7, 11) is -0.483. The van der Waals surface area contributed by atoms with Crippen LogP contribution in [0.15, 0.2) is 66.7 Å². The first-order valence-electron chi connectivity index (χ1n) is 19.8. The molecule has 0 radical (unpaired) electrons. The molecule has 310 valence electrons. The Balaban J connectivity index is 1.24. The van der Waals surface area contributed by atoms with Crippen molar-refractivity contribution in [3.8, 4) is 22.9 Å². The van der Waals surface area contributed by atoms with Crippen LogP contribution in [0.2, 0.25) is 0 Å². The largest absolute Gasteiger partial charge is 0.497 e. The van der Waals surface area contributed by atoms with Crippen molar-refractivity contribution in [1.29, 1.82) is 0 Å². The van der Waals surface area contributed by atoms with Gasteiger partial charge in [-0.15, -0.1) is 0 Å². The van der Waals surface area contributed by atoms with Crippen molar-refractivity contribution < 1.29 is 41.8 Å². The minimum atomic E-state index is -3.92. The quantitative estimate of drug-likeness (QED) is 0.280. The van der Waals surface area contributed by atoms with Crippen molar-refractivity contribution in [3.05, 3.63) is 66.7 Å². The highest BCUT2D eigenvalue weighted by molar-refractivity contribution is 7.91. The van der Waals surface area contributed by atoms with Gasteiger partial charge in [-0.25, -0.2) is 18.2 Å². The van der Waals surface area contributed by atoms with E-state index < -0.39 is 74.3 Å². The Morgan fingerprint density at radius 1 is 1.03 bits per heavy atom. The molecule has 4 aliphatic rings. The van der Waals surface area contributed by atoms with Gasteiger partial charge in [-0.1, -0.05) is 42.5 Å². The molecule has 2 aliphatic heterocycles. The highest BCUT2D eigenvalue weighted by Gasteiger charge is 2.62. The zero-order chi connectivity index (χ0) is 41.4. The lowest BCUT2D eigenvalue weighted by atomic mass is 10.1. The standard InChI is InChI=1S/C42H52N6O9S/c1-41(2,3)57-40(52)44-34-25-47(4)19-11-7-10-14-28-23-42(28,39(51)46-58(53,54)31-16-17-31)45-36(49)35-22-30(24-48(35)38(34)50)56-37-32-18-15-29(55-5)20-27(32)21-33(43-37)26-12-8-6-9-13-26/h6,8-10,12-15,18,20-21,28,30-31,34-35H,7,11,16-17,19,22-25H2,1-5H3,(H,44,52)(H,45,49)(H,46,51)/b14-10-/t28?,30?,34-,35-,42+/m0/s1. The molecule has 3 aromatic rings. The summed E-state index contributed by atoms with van der Waals surface area (Å²) in [6.07, 6.45) is 4.71. The van der Waals surface area contributed by atoms with E-state index in [1.807, 2.05) is 72.6 Å². The van der Waals surface area contributed by atoms with E-state index in [0.717, 1.165) is 10.9 Å². The maximum atomic E-state index is 14.7. The summed E-state index contributed by atoms with van der Waals surface area (Å²) in [5, 5.41) is 6.49. The number of aromatic nitrogens is 1. The van der Waals surface area contributed by atoms with Crippen LogP contribution in [0, 0.1) is 5.92 Å². The van der Waals surface area contributed by atoms with Gasteiger partial charge in [0.05, 0.1) is 24.6 Å². The van der Waals surface area contributed by atoms with Gasteiger partial charge in [-0.3, -0.25) is 19.1 Å². The van der Waals surface area contributed by atoms with Crippen LogP contribution in [0.3, 0.4) is 0 Å². The second-order valence-electron chi connectivity index (χ2n) is 16.7. The third-order valence-corrected chi connectivity index (χ3v) is 12.7. The van der Waals surface area contributed by atoms with Crippen molar-refractivity contribution >= 4 is 44.6 Å². The number of nitrogens with one attached hydrogen (secondary N) is 3. The fourth-order valence-corrected chi connectivity index (χ4v) is 9.02. The molecule has 7 rings (SSSR count). The lowest BCUT2D eigenvalue weighted by Crippen LogP contribution is -2.59. The molecule has 3 heterocycles. The fraction of sp³-hybridized carbons (Fsp3) is 0.500. The van der Waals surface area contributed by atoms with Gasteiger partial charge in [0, 0.05) is 29.8 Å². The van der Waals surface area contributed by atoms with Crippen LogP contribution < -0.4 is 24.8 Å². The van der Waals surface area contributed by atoms with Crippen LogP contribution in [0.25, 0.3) is 22.0 Å². The highest BCUT2D eigenvalue weighted by atomic mass is 32.2. The van der Waals surface area contributed by atoms with Gasteiger partial charge >= 0.3 is 6.09 Å². The zero-order valence-corrected chi connectivity index (χ0v) is 34.3. The van der Waals surface area contributed by atoms with E-state index in [-0.39, 0.29) is 31.8 Å². The van der Waals surface area contributed by atoms with Gasteiger partial charge in [0.15, 0.2) is 0 Å². The number of methoxy groups -OCH3 is 1. The number of rotatable bonds is 8. The molecule has 5 atom stereocenters. The van der Waals surface area contributed by atoms with Crippen molar-refractivity contribution in [2.24, 2.45) is 5.92 Å². The van der Waals surface area contributed by atoms with Crippen LogP contribution in [-0.4, -0.2) is 115 Å². The van der Waals surface area contributed by atoms with Gasteiger partial charge < -0.3 is 34.6 Å². The van der Waals surface area contributed by atoms with E-state index in [1.54, 1.807) is 33.9 Å². The Morgan fingerprint density at radius 3 is 2.50 bits per heavy atom. The monoisotopic (exact) mass is 816 g/mol. The molecule has 1 saturated heterocycles. The minimum absolute atomic E-state index is 0.0139. The molecule has 3 fully saturated rings. The maximum absolute atomic E-state index is 14.7. The summed E-state index contributed by atoms with van der Waals surface area (Å²) in [6.45, 7) is 5.82. The first-order valence-corrected chi connectivity index (χ1v) is 21.3. The summed E-state index contributed by atoms with van der Waals surface area (Å²) in [5.41, 5.74) is -0.873. The Labute approximate surface area is 338 Å². The Morgan fingerprint density at radius 2 is 1.79 bits per heavy atom. The van der Waals surface area contributed by atoms with E-state index in [9.17, 15) is 27.6 Å². The lowest BCUT2D eigenvalue weighted by molar-refractivity contribution is -0.141. The number of allylic oxidation sites excluding steroid dienone is 1. The average molecular weight is 817 g/mol. The van der Waals surface area contributed by atoms with Crippen molar-refractivity contribution in [3.63, 3.8) is 0 Å². The molecular weight excluding hydrogens is 765 g/mol. The number of benzene rings is 2. The Bertz CT molecular complexity index is 2210. The van der Waals surface area contributed by atoms with E-state index in [1.165, 1.54) is 4.90 Å². The number of sulfonamides is 1. The number of ether oxygens (including phenoxy) is 3. The second-order valence-corrected chi connectivity index (χ2v) is 18.7. The first kappa shape index (κ1) is 41.0. The van der Waals surface area contributed by atoms with E-state index in [0.29, 0.717) is 49.1 Å². The summed E-state index contributed by atoms with van der Waals surface area (Å²) in [6, 6.07) is 14.8. The summed E-state index contributed by atoms with van der Waals surface area (Å²) < 4.78 is 45.8. The van der Waals surface area contributed by atoms with E-state index in [2.05, 4.69) is 15.4 Å². The fourth-order valence-electron chi connectivity index (χ4n) is 7.66. The molecule has 16 heteroatoms. The number of fused-ring (bicyclic) bond motifs is 3. The number of carbonyl (C=O) groups is 4. The summed E-state index contributed by atoms with van der Waals surface area (Å²) in [5.74, 6) is -1.52. The van der Waals surface area contributed by atoms with Gasteiger partial charge in [0.25, 0.3) is 5.91 Å². The number of pyridine rings is 1. The molecule has 2 saturated carbocycles. The molecule has 15 nitrogen and oxygen atoms in total. The number of nitrogens with zero attached hydrogens (tertiary/aromatic N) is 3. The van der Waals surface area contributed by atoms with Crippen molar-refractivity contribution in [1.82, 2.24) is 30.1 Å². The average Bonchev–Trinajstić information content (AvgIpc) is 4.10. The molecule has 2 aromatic carbocycles. The number of amides is 4. The predicted molar refractivity (Wildman–Crippen MR) is 216 cm³/mol. The minimum Gasteiger partial charge on any atom is -0.497 e. The second kappa shape index (κ2) is 16.2. The number of hydrogen-bond acceptors (Lipinski definition) is 11. The van der Waals surface area contributed by atoms with Crippen LogP contribution in [0.4, 0.5) is 4.79 Å². The topological polar surface area (TPSA) is 186 Å². The third kappa shape index (κ3) is 9.23. The number of carbonyl (C=O) groups excluding carboxylic acids is 4. The van der Waals surface area contributed by atoms with Gasteiger partial charge in [-0.2, -0.15) is 0 Å². The lowest BCUT2D eigenvalue weighted by Gasteiger charge is -2.32. The van der Waals surface area contributed by atoms with E-state index in [4.69, 9.17) is 19.2 Å². The zero-order valence-electron chi connectivity index (χ0n) is 33.5. The number of alkyl carbamates (subject to hydrolysis) is 1. The molecule has 3 N–H and O–H groups in total. The van der Waals surface area contributed by atoms with E-state index >= 15 is 0 Å². The molecular formula is C42H52N6O9S. The summed E-state index contributed by atoms with van der Waals surface area (Å²) in [4.78, 5) is 64.5. The Hall–Kier alpha value is -5.22. The van der Waals surface area contributed by atoms with Crippen LogP contribution in [-0.2, 0) is 29.1 Å². The molecule has 1 aromatic heterocycles. The molecule has 0 spiro atoms. The van der Waals surface area contributed by atoms with Crippen LogP contribution in [0.1, 0.15) is 59.3 Å². The van der Waals surface area contributed by atoms with Crippen molar-refractivity contribution in [2.45, 2.75) is 93.9 Å². The van der Waals surface area contributed by atoms with Gasteiger partial charge in [0.2, 0.25) is 27.7 Å². The highest BCUT2D eigenvalue weighted by Crippen LogP contribution is 2.46.